The molecule has 164 valence electrons. The van der Waals surface area contributed by atoms with Crippen LogP contribution in [0, 0.1) is 6.92 Å². The minimum Gasteiger partial charge on any atom is -0.493 e. The van der Waals surface area contributed by atoms with E-state index in [1.807, 2.05) is 73.7 Å². The molecule has 1 aliphatic rings. The molecule has 0 aliphatic carbocycles. The first-order valence-electron chi connectivity index (χ1n) is 10.6. The van der Waals surface area contributed by atoms with Crippen molar-refractivity contribution in [3.8, 4) is 11.5 Å². The lowest BCUT2D eigenvalue weighted by Gasteiger charge is -2.20. The topological polar surface area (TPSA) is 64.6 Å². The van der Waals surface area contributed by atoms with E-state index in [0.717, 1.165) is 40.0 Å². The molecule has 0 saturated carbocycles. The Morgan fingerprint density at radius 1 is 0.938 bits per heavy atom. The highest BCUT2D eigenvalue weighted by Gasteiger charge is 2.31. The summed E-state index contributed by atoms with van der Waals surface area (Å²) in [6.45, 7) is 2.55. The summed E-state index contributed by atoms with van der Waals surface area (Å²) in [4.78, 5) is 23.1. The number of ether oxygens (including phenoxy) is 2. The largest absolute Gasteiger partial charge is 0.493 e. The number of hydrogen-bond donors (Lipinski definition) is 1. The number of carbonyl (C=O) groups is 2. The molecule has 1 aliphatic heterocycles. The summed E-state index contributed by atoms with van der Waals surface area (Å²) in [5.74, 6) is 1.38. The van der Waals surface area contributed by atoms with E-state index < -0.39 is 0 Å². The van der Waals surface area contributed by atoms with Crippen LogP contribution in [0.2, 0.25) is 0 Å². The smallest absolute Gasteiger partial charge is 0.286 e. The van der Waals surface area contributed by atoms with Gasteiger partial charge in [0.25, 0.3) is 5.24 Å². The van der Waals surface area contributed by atoms with Gasteiger partial charge in [-0.05, 0) is 54.3 Å². The van der Waals surface area contributed by atoms with Gasteiger partial charge in [0, 0.05) is 6.42 Å². The summed E-state index contributed by atoms with van der Waals surface area (Å²) in [7, 11) is 0. The van der Waals surface area contributed by atoms with Crippen LogP contribution in [0.3, 0.4) is 0 Å². The molecule has 1 saturated heterocycles. The Kier molecular flexibility index (Phi) is 7.12. The van der Waals surface area contributed by atoms with Crippen molar-refractivity contribution in [3.63, 3.8) is 0 Å². The quantitative estimate of drug-likeness (QED) is 0.471. The fourth-order valence-corrected chi connectivity index (χ4v) is 4.42. The van der Waals surface area contributed by atoms with Gasteiger partial charge in [0.15, 0.2) is 0 Å². The predicted octanol–water partition coefficient (Wildman–Crippen LogP) is 5.48. The second-order valence-electron chi connectivity index (χ2n) is 7.70. The van der Waals surface area contributed by atoms with Crippen molar-refractivity contribution in [2.24, 2.45) is 0 Å². The maximum Gasteiger partial charge on any atom is 0.286 e. The molecule has 5 nitrogen and oxygen atoms in total. The van der Waals surface area contributed by atoms with Gasteiger partial charge in [0.2, 0.25) is 5.91 Å². The summed E-state index contributed by atoms with van der Waals surface area (Å²) >= 11 is 1.04. The molecule has 4 rings (SSSR count). The molecule has 1 unspecified atom stereocenters. The molecule has 0 aromatic heterocycles. The SMILES string of the molecule is Cc1cccc(O[C@@H](CCOc2ccc(CC3SC(=O)NC3=O)cc2)c2ccccc2)c1. The summed E-state index contributed by atoms with van der Waals surface area (Å²) in [5, 5.41) is 1.68. The average molecular weight is 448 g/mol. The molecule has 2 amide bonds. The molecule has 1 heterocycles. The van der Waals surface area contributed by atoms with Crippen LogP contribution < -0.4 is 14.8 Å². The molecule has 6 heteroatoms. The van der Waals surface area contributed by atoms with E-state index in [2.05, 4.69) is 17.4 Å². The van der Waals surface area contributed by atoms with E-state index in [0.29, 0.717) is 19.4 Å². The molecule has 3 aromatic carbocycles. The van der Waals surface area contributed by atoms with Gasteiger partial charge in [0.05, 0.1) is 11.9 Å². The highest BCUT2D eigenvalue weighted by Crippen LogP contribution is 2.27. The Labute approximate surface area is 192 Å². The van der Waals surface area contributed by atoms with E-state index in [1.54, 1.807) is 0 Å². The number of hydrogen-bond acceptors (Lipinski definition) is 5. The summed E-state index contributed by atoms with van der Waals surface area (Å²) in [6, 6.07) is 25.9. The van der Waals surface area contributed by atoms with Crippen molar-refractivity contribution in [2.75, 3.05) is 6.61 Å². The second-order valence-corrected chi connectivity index (χ2v) is 8.88. The van der Waals surface area contributed by atoms with Gasteiger partial charge in [-0.1, -0.05) is 66.4 Å². The van der Waals surface area contributed by atoms with Gasteiger partial charge in [-0.3, -0.25) is 14.9 Å². The zero-order chi connectivity index (χ0) is 22.3. The molecular weight excluding hydrogens is 422 g/mol. The van der Waals surface area contributed by atoms with E-state index in [-0.39, 0.29) is 22.5 Å². The maximum absolute atomic E-state index is 11.7. The Morgan fingerprint density at radius 3 is 2.41 bits per heavy atom. The van der Waals surface area contributed by atoms with Crippen LogP contribution in [0.4, 0.5) is 4.79 Å². The molecule has 1 N–H and O–H groups in total. The summed E-state index contributed by atoms with van der Waals surface area (Å²) < 4.78 is 12.2. The predicted molar refractivity (Wildman–Crippen MR) is 126 cm³/mol. The van der Waals surface area contributed by atoms with Crippen LogP contribution in [-0.2, 0) is 11.2 Å². The number of imide groups is 1. The van der Waals surface area contributed by atoms with E-state index in [9.17, 15) is 9.59 Å². The van der Waals surface area contributed by atoms with Crippen LogP contribution >= 0.6 is 11.8 Å². The minimum absolute atomic E-state index is 0.118. The number of thioether (sulfide) groups is 1. The normalized spacial score (nSPS) is 16.5. The first kappa shape index (κ1) is 22.0. The third-order valence-corrected chi connectivity index (χ3v) is 6.18. The number of rotatable bonds is 9. The third-order valence-electron chi connectivity index (χ3n) is 5.20. The van der Waals surface area contributed by atoms with Gasteiger partial charge in [0.1, 0.15) is 17.6 Å². The minimum atomic E-state index is -0.361. The lowest BCUT2D eigenvalue weighted by Crippen LogP contribution is -2.25. The second kappa shape index (κ2) is 10.4. The fraction of sp³-hybridized carbons (Fsp3) is 0.231. The molecule has 3 aromatic rings. The number of carbonyl (C=O) groups excluding carboxylic acids is 2. The monoisotopic (exact) mass is 447 g/mol. The molecule has 1 fully saturated rings. The Hall–Kier alpha value is -3.25. The van der Waals surface area contributed by atoms with E-state index >= 15 is 0 Å². The lowest BCUT2D eigenvalue weighted by molar-refractivity contribution is -0.118. The molecule has 0 radical (unpaired) electrons. The molecule has 0 bridgehead atoms. The number of nitrogens with one attached hydrogen (secondary N) is 1. The first-order chi connectivity index (χ1) is 15.6. The molecule has 32 heavy (non-hydrogen) atoms. The Bertz CT molecular complexity index is 1070. The van der Waals surface area contributed by atoms with Crippen LogP contribution in [0.25, 0.3) is 0 Å². The van der Waals surface area contributed by atoms with Crippen molar-refractivity contribution >= 4 is 22.9 Å². The van der Waals surface area contributed by atoms with Crippen molar-refractivity contribution in [3.05, 3.63) is 95.6 Å². The van der Waals surface area contributed by atoms with E-state index in [1.165, 1.54) is 0 Å². The summed E-state index contributed by atoms with van der Waals surface area (Å²) in [6.07, 6.45) is 1.09. The Morgan fingerprint density at radius 2 is 1.72 bits per heavy atom. The Balaban J connectivity index is 1.34. The van der Waals surface area contributed by atoms with Crippen molar-refractivity contribution in [1.82, 2.24) is 5.32 Å². The first-order valence-corrected chi connectivity index (χ1v) is 11.5. The zero-order valence-corrected chi connectivity index (χ0v) is 18.6. The van der Waals surface area contributed by atoms with Gasteiger partial charge in [-0.15, -0.1) is 0 Å². The molecule has 2 atom stereocenters. The standard InChI is InChI=1S/C26H25NO4S/c1-18-6-5-9-22(16-18)31-23(20-7-3-2-4-8-20)14-15-30-21-12-10-19(11-13-21)17-24-25(28)27-26(29)32-24/h2-13,16,23-24H,14-15,17H2,1H3,(H,27,28,29)/t23-,24?/m0/s1. The van der Waals surface area contributed by atoms with Crippen molar-refractivity contribution in [2.45, 2.75) is 31.1 Å². The van der Waals surface area contributed by atoms with Crippen LogP contribution in [0.5, 0.6) is 11.5 Å². The number of benzene rings is 3. The van der Waals surface area contributed by atoms with Crippen molar-refractivity contribution < 1.29 is 19.1 Å². The van der Waals surface area contributed by atoms with Crippen LogP contribution in [0.15, 0.2) is 78.9 Å². The molecule has 0 spiro atoms. The van der Waals surface area contributed by atoms with Gasteiger partial charge >= 0.3 is 0 Å². The number of aryl methyl sites for hydroxylation is 1. The van der Waals surface area contributed by atoms with Gasteiger partial charge in [-0.25, -0.2) is 0 Å². The molecular formula is C26H25NO4S. The van der Waals surface area contributed by atoms with Gasteiger partial charge in [-0.2, -0.15) is 0 Å². The summed E-state index contributed by atoms with van der Waals surface area (Å²) in [5.41, 5.74) is 3.25. The van der Waals surface area contributed by atoms with E-state index in [4.69, 9.17) is 9.47 Å². The maximum atomic E-state index is 11.7. The lowest BCUT2D eigenvalue weighted by atomic mass is 10.1. The number of amides is 2. The highest BCUT2D eigenvalue weighted by atomic mass is 32.2. The van der Waals surface area contributed by atoms with Crippen LogP contribution in [0.1, 0.15) is 29.2 Å². The highest BCUT2D eigenvalue weighted by molar-refractivity contribution is 8.15. The van der Waals surface area contributed by atoms with Gasteiger partial charge < -0.3 is 9.47 Å². The van der Waals surface area contributed by atoms with Crippen molar-refractivity contribution in [1.29, 1.82) is 0 Å². The van der Waals surface area contributed by atoms with Crippen LogP contribution in [-0.4, -0.2) is 23.0 Å². The average Bonchev–Trinajstić information content (AvgIpc) is 3.11. The fourth-order valence-electron chi connectivity index (χ4n) is 3.56. The third kappa shape index (κ3) is 5.92. The zero-order valence-electron chi connectivity index (χ0n) is 17.8.